The molecular weight excluding hydrogens is 272 g/mol. The Hall–Kier alpha value is -1.36. The Morgan fingerprint density at radius 3 is 2.95 bits per heavy atom. The summed E-state index contributed by atoms with van der Waals surface area (Å²) in [6.07, 6.45) is 4.28. The quantitative estimate of drug-likeness (QED) is 0.838. The molecular formula is C15H22N2O2S. The summed E-state index contributed by atoms with van der Waals surface area (Å²) < 4.78 is 12.2. The minimum Gasteiger partial charge on any atom is -0.399 e. The van der Waals surface area contributed by atoms with Crippen molar-refractivity contribution < 1.29 is 9.00 Å². The van der Waals surface area contributed by atoms with Gasteiger partial charge < -0.3 is 11.1 Å². The van der Waals surface area contributed by atoms with Crippen molar-refractivity contribution in [2.24, 2.45) is 5.92 Å². The van der Waals surface area contributed by atoms with Crippen LogP contribution in [0.5, 0.6) is 0 Å². The third kappa shape index (κ3) is 4.34. The van der Waals surface area contributed by atoms with Gasteiger partial charge in [-0.25, -0.2) is 0 Å². The van der Waals surface area contributed by atoms with Crippen LogP contribution in [0, 0.1) is 5.92 Å². The van der Waals surface area contributed by atoms with Gasteiger partial charge in [0.15, 0.2) is 0 Å². The summed E-state index contributed by atoms with van der Waals surface area (Å²) in [4.78, 5) is 11.9. The van der Waals surface area contributed by atoms with Crippen LogP contribution in [0.1, 0.15) is 32.6 Å². The molecule has 1 saturated carbocycles. The van der Waals surface area contributed by atoms with E-state index in [2.05, 4.69) is 12.2 Å². The number of hydrogen-bond donors (Lipinski definition) is 2. The van der Waals surface area contributed by atoms with E-state index in [1.54, 1.807) is 24.3 Å². The number of anilines is 2. The highest BCUT2D eigenvalue weighted by Gasteiger charge is 2.25. The van der Waals surface area contributed by atoms with Gasteiger partial charge in [-0.3, -0.25) is 9.00 Å². The second-order valence-corrected chi connectivity index (χ2v) is 7.31. The number of nitrogens with one attached hydrogen (secondary N) is 1. The molecule has 0 spiro atoms. The minimum atomic E-state index is -1.08. The lowest BCUT2D eigenvalue weighted by atomic mass is 9.91. The van der Waals surface area contributed by atoms with Crippen LogP contribution in [-0.2, 0) is 15.6 Å². The molecule has 20 heavy (non-hydrogen) atoms. The maximum Gasteiger partial charge on any atom is 0.237 e. The molecule has 3 unspecified atom stereocenters. The van der Waals surface area contributed by atoms with Gasteiger partial charge in [-0.1, -0.05) is 25.8 Å². The van der Waals surface area contributed by atoms with Crippen LogP contribution in [0.25, 0.3) is 0 Å². The number of amides is 1. The Balaban J connectivity index is 1.86. The van der Waals surface area contributed by atoms with Crippen molar-refractivity contribution in [2.75, 3.05) is 16.8 Å². The fraction of sp³-hybridized carbons (Fsp3) is 0.533. The van der Waals surface area contributed by atoms with Crippen LogP contribution in [0.4, 0.5) is 11.4 Å². The van der Waals surface area contributed by atoms with Crippen molar-refractivity contribution in [1.82, 2.24) is 0 Å². The second kappa shape index (κ2) is 6.88. The summed E-state index contributed by atoms with van der Waals surface area (Å²) in [5.41, 5.74) is 6.91. The van der Waals surface area contributed by atoms with Gasteiger partial charge in [0.25, 0.3) is 0 Å². The van der Waals surface area contributed by atoms with Gasteiger partial charge in [-0.05, 0) is 37.0 Å². The molecule has 1 amide bonds. The molecule has 0 heterocycles. The first-order chi connectivity index (χ1) is 9.54. The highest BCUT2D eigenvalue weighted by atomic mass is 32.2. The first-order valence-corrected chi connectivity index (χ1v) is 8.45. The average Bonchev–Trinajstić information content (AvgIpc) is 2.38. The van der Waals surface area contributed by atoms with Gasteiger partial charge in [-0.2, -0.15) is 0 Å². The third-order valence-electron chi connectivity index (χ3n) is 3.70. The zero-order chi connectivity index (χ0) is 14.5. The topological polar surface area (TPSA) is 72.2 Å². The van der Waals surface area contributed by atoms with E-state index in [-0.39, 0.29) is 16.9 Å². The molecule has 0 saturated heterocycles. The second-order valence-electron chi connectivity index (χ2n) is 5.59. The number of carbonyl (C=O) groups excluding carboxylic acids is 1. The number of nitrogen functional groups attached to an aromatic ring is 1. The Bertz CT molecular complexity index is 504. The molecule has 0 radical (unpaired) electrons. The van der Waals surface area contributed by atoms with Crippen molar-refractivity contribution >= 4 is 28.1 Å². The molecule has 1 aromatic rings. The number of nitrogens with two attached hydrogens (primary N) is 1. The lowest BCUT2D eigenvalue weighted by Crippen LogP contribution is -2.29. The van der Waals surface area contributed by atoms with E-state index in [1.807, 2.05) is 0 Å². The van der Waals surface area contributed by atoms with Crippen LogP contribution >= 0.6 is 0 Å². The maximum atomic E-state index is 12.2. The first-order valence-electron chi connectivity index (χ1n) is 7.07. The summed E-state index contributed by atoms with van der Waals surface area (Å²) in [6, 6.07) is 7.02. The van der Waals surface area contributed by atoms with E-state index in [0.29, 0.717) is 17.3 Å². The molecule has 0 aromatic heterocycles. The maximum absolute atomic E-state index is 12.2. The Morgan fingerprint density at radius 2 is 2.25 bits per heavy atom. The molecule has 0 bridgehead atoms. The van der Waals surface area contributed by atoms with Crippen LogP contribution in [-0.4, -0.2) is 21.1 Å². The molecule has 2 rings (SSSR count). The van der Waals surface area contributed by atoms with E-state index in [0.717, 1.165) is 19.3 Å². The van der Waals surface area contributed by atoms with Crippen molar-refractivity contribution in [1.29, 1.82) is 0 Å². The molecule has 1 aliphatic carbocycles. The molecule has 5 heteroatoms. The third-order valence-corrected chi connectivity index (χ3v) is 5.42. The number of rotatable bonds is 4. The van der Waals surface area contributed by atoms with Gasteiger partial charge in [0.05, 0.1) is 0 Å². The van der Waals surface area contributed by atoms with Crippen LogP contribution in [0.3, 0.4) is 0 Å². The lowest BCUT2D eigenvalue weighted by Gasteiger charge is -2.25. The Kier molecular flexibility index (Phi) is 5.17. The lowest BCUT2D eigenvalue weighted by molar-refractivity contribution is -0.113. The largest absolute Gasteiger partial charge is 0.399 e. The van der Waals surface area contributed by atoms with Gasteiger partial charge in [-0.15, -0.1) is 0 Å². The predicted octanol–water partition coefficient (Wildman–Crippen LogP) is 2.53. The van der Waals surface area contributed by atoms with Gasteiger partial charge in [0.1, 0.15) is 5.75 Å². The zero-order valence-electron chi connectivity index (χ0n) is 11.8. The van der Waals surface area contributed by atoms with Crippen molar-refractivity contribution in [3.05, 3.63) is 24.3 Å². The summed E-state index contributed by atoms with van der Waals surface area (Å²) in [6.45, 7) is 2.19. The minimum absolute atomic E-state index is 0.0756. The first kappa shape index (κ1) is 15.0. The van der Waals surface area contributed by atoms with Gasteiger partial charge >= 0.3 is 0 Å². The summed E-state index contributed by atoms with van der Waals surface area (Å²) in [5.74, 6) is 0.494. The Morgan fingerprint density at radius 1 is 1.45 bits per heavy atom. The number of carbonyl (C=O) groups is 1. The fourth-order valence-electron chi connectivity index (χ4n) is 2.68. The fourth-order valence-corrected chi connectivity index (χ4v) is 4.22. The molecule has 4 nitrogen and oxygen atoms in total. The highest BCUT2D eigenvalue weighted by Crippen LogP contribution is 2.27. The Labute approximate surface area is 122 Å². The monoisotopic (exact) mass is 294 g/mol. The van der Waals surface area contributed by atoms with Crippen LogP contribution < -0.4 is 11.1 Å². The van der Waals surface area contributed by atoms with Crippen LogP contribution in [0.2, 0.25) is 0 Å². The molecule has 0 aliphatic heterocycles. The molecule has 3 atom stereocenters. The van der Waals surface area contributed by atoms with E-state index < -0.39 is 10.8 Å². The normalized spacial score (nSPS) is 24.1. The van der Waals surface area contributed by atoms with E-state index >= 15 is 0 Å². The van der Waals surface area contributed by atoms with Crippen LogP contribution in [0.15, 0.2) is 24.3 Å². The summed E-state index contributed by atoms with van der Waals surface area (Å²) in [7, 11) is -1.08. The summed E-state index contributed by atoms with van der Waals surface area (Å²) >= 11 is 0. The molecule has 3 N–H and O–H groups in total. The number of hydrogen-bond acceptors (Lipinski definition) is 3. The highest BCUT2D eigenvalue weighted by molar-refractivity contribution is 7.86. The number of benzene rings is 1. The van der Waals surface area contributed by atoms with E-state index in [1.165, 1.54) is 6.42 Å². The molecule has 1 aromatic carbocycles. The molecule has 1 fully saturated rings. The SMILES string of the molecule is CC1CCCC(S(=O)CC(=O)Nc2cccc(N)c2)C1. The van der Waals surface area contributed by atoms with Crippen molar-refractivity contribution in [2.45, 2.75) is 37.9 Å². The van der Waals surface area contributed by atoms with Crippen molar-refractivity contribution in [3.63, 3.8) is 0 Å². The van der Waals surface area contributed by atoms with E-state index in [4.69, 9.17) is 5.73 Å². The summed E-state index contributed by atoms with van der Waals surface area (Å²) in [5, 5.41) is 2.92. The standard InChI is InChI=1S/C15H22N2O2S/c1-11-4-2-7-14(8-11)20(19)10-15(18)17-13-6-3-5-12(16)9-13/h3,5-6,9,11,14H,2,4,7-8,10,16H2,1H3,(H,17,18). The van der Waals surface area contributed by atoms with Gasteiger partial charge in [0.2, 0.25) is 5.91 Å². The van der Waals surface area contributed by atoms with Crippen molar-refractivity contribution in [3.8, 4) is 0 Å². The zero-order valence-corrected chi connectivity index (χ0v) is 12.6. The van der Waals surface area contributed by atoms with E-state index in [9.17, 15) is 9.00 Å². The average molecular weight is 294 g/mol. The molecule has 1 aliphatic rings. The predicted molar refractivity (Wildman–Crippen MR) is 83.9 cm³/mol. The van der Waals surface area contributed by atoms with Gasteiger partial charge in [0, 0.05) is 27.4 Å². The smallest absolute Gasteiger partial charge is 0.237 e. The molecule has 110 valence electrons.